The molecule has 1 aliphatic heterocycles. The Morgan fingerprint density at radius 3 is 2.67 bits per heavy atom. The highest BCUT2D eigenvalue weighted by Crippen LogP contribution is 2.33. The lowest BCUT2D eigenvalue weighted by Crippen LogP contribution is -2.39. The number of aryl methyl sites for hydroxylation is 1. The maximum Gasteiger partial charge on any atom is 0.321 e. The van der Waals surface area contributed by atoms with Crippen LogP contribution in [0.25, 0.3) is 0 Å². The van der Waals surface area contributed by atoms with Crippen molar-refractivity contribution < 1.29 is 18.8 Å². The van der Waals surface area contributed by atoms with Gasteiger partial charge in [-0.1, -0.05) is 30.6 Å². The molecule has 0 aliphatic carbocycles. The van der Waals surface area contributed by atoms with Crippen molar-refractivity contribution in [2.24, 2.45) is 0 Å². The summed E-state index contributed by atoms with van der Waals surface area (Å²) in [5.41, 5.74) is 0.891. The van der Waals surface area contributed by atoms with Crippen molar-refractivity contribution in [3.8, 4) is 11.5 Å². The molecule has 1 aromatic heterocycles. The molecule has 6 heteroatoms. The summed E-state index contributed by atoms with van der Waals surface area (Å²) >= 11 is 0. The van der Waals surface area contributed by atoms with Crippen LogP contribution in [0.2, 0.25) is 0 Å². The summed E-state index contributed by atoms with van der Waals surface area (Å²) in [4.78, 5) is 12.0. The highest BCUT2D eigenvalue weighted by atomic mass is 16.7. The second kappa shape index (κ2) is 5.87. The average molecular weight is 288 g/mol. The number of hydrogen-bond acceptors (Lipinski definition) is 5. The van der Waals surface area contributed by atoms with E-state index in [4.69, 9.17) is 14.0 Å². The van der Waals surface area contributed by atoms with Gasteiger partial charge in [0, 0.05) is 6.07 Å². The van der Waals surface area contributed by atoms with Crippen molar-refractivity contribution >= 4 is 5.91 Å². The van der Waals surface area contributed by atoms with E-state index in [-0.39, 0.29) is 12.5 Å². The molecule has 0 saturated carbocycles. The van der Waals surface area contributed by atoms with E-state index in [0.717, 1.165) is 18.5 Å². The number of fused-ring (bicyclic) bond motifs is 1. The molecule has 1 N–H and O–H groups in total. The maximum absolute atomic E-state index is 12.0. The van der Waals surface area contributed by atoms with Crippen LogP contribution in [0.1, 0.15) is 24.8 Å². The predicted molar refractivity (Wildman–Crippen MR) is 73.8 cm³/mol. The van der Waals surface area contributed by atoms with E-state index < -0.39 is 6.29 Å². The number of carbonyl (C=O) groups excluding carboxylic acids is 1. The number of nitrogens with zero attached hydrogens (tertiary/aromatic N) is 1. The normalized spacial score (nSPS) is 13.4. The van der Waals surface area contributed by atoms with Gasteiger partial charge >= 0.3 is 12.2 Å². The number of ether oxygens (including phenoxy) is 2. The van der Waals surface area contributed by atoms with Crippen molar-refractivity contribution in [1.82, 2.24) is 10.5 Å². The summed E-state index contributed by atoms with van der Waals surface area (Å²) < 4.78 is 16.0. The molecule has 0 fully saturated rings. The van der Waals surface area contributed by atoms with Gasteiger partial charge in [0.15, 0.2) is 17.3 Å². The molecular formula is C15H16N2O4. The number of benzene rings is 1. The Hall–Kier alpha value is -2.50. The Morgan fingerprint density at radius 2 is 2.00 bits per heavy atom. The number of nitrogens with one attached hydrogen (secondary N) is 1. The van der Waals surface area contributed by atoms with E-state index in [1.165, 1.54) is 0 Å². The zero-order valence-electron chi connectivity index (χ0n) is 11.7. The van der Waals surface area contributed by atoms with Crippen LogP contribution in [-0.4, -0.2) is 17.4 Å². The fraction of sp³-hybridized carbons (Fsp3) is 0.333. The molecule has 110 valence electrons. The second-order valence-electron chi connectivity index (χ2n) is 4.77. The molecule has 3 rings (SSSR count). The largest absolute Gasteiger partial charge is 0.442 e. The first-order valence-electron chi connectivity index (χ1n) is 6.91. The number of rotatable bonds is 5. The Kier molecular flexibility index (Phi) is 3.77. The molecule has 21 heavy (non-hydrogen) atoms. The second-order valence-corrected chi connectivity index (χ2v) is 4.77. The molecule has 0 unspecified atom stereocenters. The Bertz CT molecular complexity index is 613. The van der Waals surface area contributed by atoms with Crippen LogP contribution in [0.5, 0.6) is 11.5 Å². The van der Waals surface area contributed by atoms with Crippen molar-refractivity contribution in [2.45, 2.75) is 32.6 Å². The van der Waals surface area contributed by atoms with Gasteiger partial charge in [-0.15, -0.1) is 0 Å². The molecule has 1 aromatic carbocycles. The first-order chi connectivity index (χ1) is 10.3. The van der Waals surface area contributed by atoms with Crippen LogP contribution in [0.4, 0.5) is 0 Å². The monoisotopic (exact) mass is 288 g/mol. The number of aromatic nitrogens is 1. The van der Waals surface area contributed by atoms with Gasteiger partial charge in [0.05, 0.1) is 12.2 Å². The van der Waals surface area contributed by atoms with Gasteiger partial charge in [0.2, 0.25) is 0 Å². The molecule has 0 saturated heterocycles. The van der Waals surface area contributed by atoms with Crippen LogP contribution in [0, 0.1) is 0 Å². The summed E-state index contributed by atoms with van der Waals surface area (Å²) in [6.07, 6.45) is 0.905. The molecule has 0 bridgehead atoms. The Labute approximate surface area is 122 Å². The zero-order valence-corrected chi connectivity index (χ0v) is 11.7. The third-order valence-corrected chi connectivity index (χ3v) is 3.08. The zero-order chi connectivity index (χ0) is 14.7. The minimum Gasteiger partial charge on any atom is -0.442 e. The van der Waals surface area contributed by atoms with E-state index in [9.17, 15) is 4.79 Å². The van der Waals surface area contributed by atoms with Crippen LogP contribution in [0.15, 0.2) is 34.9 Å². The summed E-state index contributed by atoms with van der Waals surface area (Å²) in [6, 6.07) is 9.01. The number of amides is 1. The van der Waals surface area contributed by atoms with E-state index in [1.807, 2.05) is 18.2 Å². The van der Waals surface area contributed by atoms with Crippen LogP contribution in [0.3, 0.4) is 0 Å². The highest BCUT2D eigenvalue weighted by molar-refractivity contribution is 5.81. The van der Waals surface area contributed by atoms with Gasteiger partial charge in [-0.05, 0) is 18.6 Å². The third-order valence-electron chi connectivity index (χ3n) is 3.08. The quantitative estimate of drug-likeness (QED) is 0.911. The first-order valence-corrected chi connectivity index (χ1v) is 6.91. The van der Waals surface area contributed by atoms with Crippen LogP contribution in [-0.2, 0) is 17.8 Å². The summed E-state index contributed by atoms with van der Waals surface area (Å²) in [5, 5.41) is 6.63. The predicted octanol–water partition coefficient (Wildman–Crippen LogP) is 2.04. The van der Waals surface area contributed by atoms with E-state index in [0.29, 0.717) is 17.3 Å². The number of para-hydroxylation sites is 2. The SMILES string of the molecule is CCCc1cc(CNC(=O)C2Oc3ccccc3O2)on1. The molecule has 0 radical (unpaired) electrons. The Balaban J connectivity index is 1.53. The third kappa shape index (κ3) is 2.99. The first kappa shape index (κ1) is 13.5. The molecule has 0 spiro atoms. The fourth-order valence-corrected chi connectivity index (χ4v) is 2.08. The van der Waals surface area contributed by atoms with E-state index >= 15 is 0 Å². The lowest BCUT2D eigenvalue weighted by Gasteiger charge is -2.09. The number of carbonyl (C=O) groups is 1. The molecule has 2 aromatic rings. The lowest BCUT2D eigenvalue weighted by molar-refractivity contribution is -0.137. The molecule has 6 nitrogen and oxygen atoms in total. The van der Waals surface area contributed by atoms with Gasteiger partial charge in [0.25, 0.3) is 0 Å². The Morgan fingerprint density at radius 1 is 1.29 bits per heavy atom. The van der Waals surface area contributed by atoms with Crippen molar-refractivity contribution in [3.63, 3.8) is 0 Å². The molecule has 2 heterocycles. The average Bonchev–Trinajstić information content (AvgIpc) is 3.11. The van der Waals surface area contributed by atoms with E-state index in [1.54, 1.807) is 12.1 Å². The minimum absolute atomic E-state index is 0.259. The lowest BCUT2D eigenvalue weighted by atomic mass is 10.2. The van der Waals surface area contributed by atoms with Gasteiger partial charge in [-0.3, -0.25) is 4.79 Å². The maximum atomic E-state index is 12.0. The topological polar surface area (TPSA) is 73.6 Å². The van der Waals surface area contributed by atoms with Crippen molar-refractivity contribution in [1.29, 1.82) is 0 Å². The summed E-state index contributed by atoms with van der Waals surface area (Å²) in [6.45, 7) is 2.33. The van der Waals surface area contributed by atoms with Gasteiger partial charge in [0.1, 0.15) is 0 Å². The van der Waals surface area contributed by atoms with Crippen LogP contribution >= 0.6 is 0 Å². The van der Waals surface area contributed by atoms with Gasteiger partial charge in [-0.2, -0.15) is 0 Å². The standard InChI is InChI=1S/C15H16N2O4/c1-2-5-10-8-11(21-17-10)9-16-14(18)15-19-12-6-3-4-7-13(12)20-15/h3-4,6-8,15H,2,5,9H2,1H3,(H,16,18). The smallest absolute Gasteiger partial charge is 0.321 e. The fourth-order valence-electron chi connectivity index (χ4n) is 2.08. The molecule has 1 aliphatic rings. The molecule has 1 amide bonds. The number of hydrogen-bond donors (Lipinski definition) is 1. The van der Waals surface area contributed by atoms with Gasteiger partial charge in [-0.25, -0.2) is 0 Å². The van der Waals surface area contributed by atoms with Gasteiger partial charge < -0.3 is 19.3 Å². The minimum atomic E-state index is -0.958. The summed E-state index contributed by atoms with van der Waals surface area (Å²) in [5.74, 6) is 1.41. The van der Waals surface area contributed by atoms with Crippen LogP contribution < -0.4 is 14.8 Å². The highest BCUT2D eigenvalue weighted by Gasteiger charge is 2.30. The van der Waals surface area contributed by atoms with Crippen molar-refractivity contribution in [2.75, 3.05) is 0 Å². The van der Waals surface area contributed by atoms with E-state index in [2.05, 4.69) is 17.4 Å². The summed E-state index contributed by atoms with van der Waals surface area (Å²) in [7, 11) is 0. The molecule has 0 atom stereocenters. The van der Waals surface area contributed by atoms with Crippen molar-refractivity contribution in [3.05, 3.63) is 41.8 Å². The molecular weight excluding hydrogens is 272 g/mol.